The molecule has 2 aromatic carbocycles. The van der Waals surface area contributed by atoms with Gasteiger partial charge in [-0.3, -0.25) is 4.79 Å². The summed E-state index contributed by atoms with van der Waals surface area (Å²) in [6, 6.07) is 15.5. The number of benzene rings is 2. The molecule has 0 unspecified atom stereocenters. The van der Waals surface area contributed by atoms with Gasteiger partial charge in [-0.2, -0.15) is 11.8 Å². The number of ether oxygens (including phenoxy) is 1. The predicted octanol–water partition coefficient (Wildman–Crippen LogP) is 5.55. The molecule has 144 valence electrons. The van der Waals surface area contributed by atoms with Gasteiger partial charge in [0.25, 0.3) is 0 Å². The van der Waals surface area contributed by atoms with Gasteiger partial charge in [0.05, 0.1) is 10.7 Å². The van der Waals surface area contributed by atoms with E-state index in [-0.39, 0.29) is 5.91 Å². The number of hydrogen-bond donors (Lipinski definition) is 1. The molecular weight excluding hydrogens is 388 g/mol. The van der Waals surface area contributed by atoms with Gasteiger partial charge in [0, 0.05) is 22.9 Å². The van der Waals surface area contributed by atoms with Gasteiger partial charge in [-0.25, -0.2) is 4.98 Å². The van der Waals surface area contributed by atoms with Crippen LogP contribution in [0.1, 0.15) is 21.8 Å². The topological polar surface area (TPSA) is 51.2 Å². The van der Waals surface area contributed by atoms with Crippen molar-refractivity contribution in [3.63, 3.8) is 0 Å². The molecule has 6 heteroatoms. The first-order chi connectivity index (χ1) is 13.6. The Balaban J connectivity index is 1.49. The lowest BCUT2D eigenvalue weighted by molar-refractivity contribution is -0.111. The molecule has 4 nitrogen and oxygen atoms in total. The Morgan fingerprint density at radius 2 is 1.93 bits per heavy atom. The van der Waals surface area contributed by atoms with Crippen LogP contribution in [0.15, 0.2) is 60.0 Å². The molecule has 0 saturated carbocycles. The zero-order valence-electron chi connectivity index (χ0n) is 15.8. The molecule has 28 heavy (non-hydrogen) atoms. The average molecular weight is 411 g/mol. The number of nitrogens with zero attached hydrogens (tertiary/aromatic N) is 1. The lowest BCUT2D eigenvalue weighted by Crippen LogP contribution is -2.07. The van der Waals surface area contributed by atoms with Gasteiger partial charge < -0.3 is 10.1 Å². The van der Waals surface area contributed by atoms with Crippen molar-refractivity contribution in [2.45, 2.75) is 19.3 Å². The molecule has 3 aromatic rings. The van der Waals surface area contributed by atoms with E-state index in [4.69, 9.17) is 4.74 Å². The predicted molar refractivity (Wildman–Crippen MR) is 119 cm³/mol. The number of anilines is 1. The second kappa shape index (κ2) is 10.1. The summed E-state index contributed by atoms with van der Waals surface area (Å²) in [5.74, 6) is 1.59. The third kappa shape index (κ3) is 6.25. The van der Waals surface area contributed by atoms with Crippen LogP contribution in [0.3, 0.4) is 0 Å². The quantitative estimate of drug-likeness (QED) is 0.495. The number of aromatic nitrogens is 1. The van der Waals surface area contributed by atoms with Crippen LogP contribution < -0.4 is 10.1 Å². The number of aryl methyl sites for hydroxylation is 1. The van der Waals surface area contributed by atoms with Crippen molar-refractivity contribution in [2.24, 2.45) is 0 Å². The van der Waals surface area contributed by atoms with E-state index in [1.807, 2.05) is 60.8 Å². The fourth-order valence-corrected chi connectivity index (χ4v) is 3.64. The largest absolute Gasteiger partial charge is 0.487 e. The van der Waals surface area contributed by atoms with Crippen LogP contribution in [0.5, 0.6) is 5.75 Å². The molecule has 1 heterocycles. The molecule has 0 radical (unpaired) electrons. The van der Waals surface area contributed by atoms with E-state index in [9.17, 15) is 4.79 Å². The van der Waals surface area contributed by atoms with E-state index < -0.39 is 0 Å². The minimum absolute atomic E-state index is 0.156. The molecule has 0 bridgehead atoms. The Bertz CT molecular complexity index is 932. The number of carbonyl (C=O) groups is 1. The first-order valence-electron chi connectivity index (χ1n) is 8.83. The molecule has 3 rings (SSSR count). The number of nitrogens with one attached hydrogen (secondary N) is 1. The summed E-state index contributed by atoms with van der Waals surface area (Å²) in [7, 11) is 0. The summed E-state index contributed by atoms with van der Waals surface area (Å²) in [5, 5.41) is 5.91. The maximum absolute atomic E-state index is 12.1. The molecule has 0 atom stereocenters. The van der Waals surface area contributed by atoms with Gasteiger partial charge in [0.15, 0.2) is 0 Å². The van der Waals surface area contributed by atoms with Crippen LogP contribution in [0, 0.1) is 6.92 Å². The van der Waals surface area contributed by atoms with Crippen LogP contribution >= 0.6 is 23.1 Å². The standard InChI is InChI=1S/C22H22N2O2S2/c1-16-23-20(15-28-16)13-26-21-10-5-17(6-11-21)7-12-22(25)24-19-8-3-18(4-9-19)14-27-2/h3-12,15H,13-14H2,1-2H3,(H,24,25)/b12-7+. The Morgan fingerprint density at radius 1 is 1.18 bits per heavy atom. The molecule has 0 saturated heterocycles. The highest BCUT2D eigenvalue weighted by Crippen LogP contribution is 2.17. The van der Waals surface area contributed by atoms with Gasteiger partial charge in [-0.1, -0.05) is 24.3 Å². The van der Waals surface area contributed by atoms with Crippen molar-refractivity contribution in [2.75, 3.05) is 11.6 Å². The van der Waals surface area contributed by atoms with Gasteiger partial charge in [-0.05, 0) is 54.6 Å². The van der Waals surface area contributed by atoms with E-state index in [0.29, 0.717) is 6.61 Å². The smallest absolute Gasteiger partial charge is 0.248 e. The fourth-order valence-electron chi connectivity index (χ4n) is 2.51. The average Bonchev–Trinajstić information content (AvgIpc) is 3.12. The summed E-state index contributed by atoms with van der Waals surface area (Å²) < 4.78 is 5.73. The molecule has 0 aliphatic rings. The van der Waals surface area contributed by atoms with Gasteiger partial charge in [0.1, 0.15) is 12.4 Å². The highest BCUT2D eigenvalue weighted by Gasteiger charge is 2.01. The monoisotopic (exact) mass is 410 g/mol. The minimum atomic E-state index is -0.156. The highest BCUT2D eigenvalue weighted by atomic mass is 32.2. The minimum Gasteiger partial charge on any atom is -0.487 e. The van der Waals surface area contributed by atoms with Crippen LogP contribution in [0.25, 0.3) is 6.08 Å². The fraction of sp³-hybridized carbons (Fsp3) is 0.182. The first-order valence-corrected chi connectivity index (χ1v) is 11.1. The van der Waals surface area contributed by atoms with E-state index in [2.05, 4.69) is 16.6 Å². The second-order valence-electron chi connectivity index (χ2n) is 6.17. The molecular formula is C22H22N2O2S2. The Morgan fingerprint density at radius 3 is 2.57 bits per heavy atom. The van der Waals surface area contributed by atoms with Gasteiger partial charge in [-0.15, -0.1) is 11.3 Å². The molecule has 0 aliphatic carbocycles. The third-order valence-corrected chi connectivity index (χ3v) is 5.34. The summed E-state index contributed by atoms with van der Waals surface area (Å²) in [5.41, 5.74) is 3.90. The Kier molecular flexibility index (Phi) is 7.28. The van der Waals surface area contributed by atoms with E-state index >= 15 is 0 Å². The molecule has 1 aromatic heterocycles. The summed E-state index contributed by atoms with van der Waals surface area (Å²) >= 11 is 3.39. The highest BCUT2D eigenvalue weighted by molar-refractivity contribution is 7.97. The summed E-state index contributed by atoms with van der Waals surface area (Å²) in [6.45, 7) is 2.43. The lowest BCUT2D eigenvalue weighted by Gasteiger charge is -2.05. The Labute approximate surface area is 173 Å². The van der Waals surface area contributed by atoms with Crippen molar-refractivity contribution in [3.05, 3.63) is 81.8 Å². The number of thioether (sulfide) groups is 1. The zero-order chi connectivity index (χ0) is 19.8. The lowest BCUT2D eigenvalue weighted by atomic mass is 10.2. The normalized spacial score (nSPS) is 10.9. The van der Waals surface area contributed by atoms with Crippen molar-refractivity contribution in [3.8, 4) is 5.75 Å². The molecule has 0 aliphatic heterocycles. The molecule has 0 spiro atoms. The first kappa shape index (κ1) is 20.2. The van der Waals surface area contributed by atoms with Crippen molar-refractivity contribution < 1.29 is 9.53 Å². The number of amides is 1. The second-order valence-corrected chi connectivity index (χ2v) is 8.10. The molecule has 1 amide bonds. The zero-order valence-corrected chi connectivity index (χ0v) is 17.5. The number of rotatable bonds is 8. The number of carbonyl (C=O) groups excluding carboxylic acids is 1. The summed E-state index contributed by atoms with van der Waals surface area (Å²) in [6.07, 6.45) is 5.38. The Hall–Kier alpha value is -2.57. The summed E-state index contributed by atoms with van der Waals surface area (Å²) in [4.78, 5) is 16.5. The van der Waals surface area contributed by atoms with Gasteiger partial charge in [0.2, 0.25) is 5.91 Å². The van der Waals surface area contributed by atoms with Crippen molar-refractivity contribution in [1.82, 2.24) is 4.98 Å². The van der Waals surface area contributed by atoms with Crippen molar-refractivity contribution >= 4 is 40.8 Å². The number of hydrogen-bond acceptors (Lipinski definition) is 5. The van der Waals surface area contributed by atoms with Crippen molar-refractivity contribution in [1.29, 1.82) is 0 Å². The van der Waals surface area contributed by atoms with Crippen LogP contribution in [0.2, 0.25) is 0 Å². The molecule has 0 fully saturated rings. The van der Waals surface area contributed by atoms with E-state index in [1.165, 1.54) is 11.6 Å². The van der Waals surface area contributed by atoms with E-state index in [1.54, 1.807) is 29.2 Å². The van der Waals surface area contributed by atoms with Crippen LogP contribution in [0.4, 0.5) is 5.69 Å². The van der Waals surface area contributed by atoms with E-state index in [0.717, 1.165) is 33.5 Å². The third-order valence-electron chi connectivity index (χ3n) is 3.89. The SMILES string of the molecule is CSCc1ccc(NC(=O)/C=C/c2ccc(OCc3csc(C)n3)cc2)cc1. The molecule has 1 N–H and O–H groups in total. The van der Waals surface area contributed by atoms with Gasteiger partial charge >= 0.3 is 0 Å². The number of thiazole rings is 1. The van der Waals surface area contributed by atoms with Crippen LogP contribution in [-0.2, 0) is 17.2 Å². The van der Waals surface area contributed by atoms with Crippen LogP contribution in [-0.4, -0.2) is 17.1 Å². The maximum Gasteiger partial charge on any atom is 0.248 e. The maximum atomic E-state index is 12.1.